The zero-order valence-electron chi connectivity index (χ0n) is 25.6. The predicted octanol–water partition coefficient (Wildman–Crippen LogP) is 5.72. The van der Waals surface area contributed by atoms with Crippen LogP contribution in [-0.2, 0) is 9.53 Å². The first-order valence-corrected chi connectivity index (χ1v) is 17.0. The highest BCUT2D eigenvalue weighted by atomic mass is 127. The Labute approximate surface area is 266 Å². The third-order valence-electron chi connectivity index (χ3n) is 8.72. The fourth-order valence-corrected chi connectivity index (χ4v) is 6.90. The van der Waals surface area contributed by atoms with Crippen molar-refractivity contribution in [2.45, 2.75) is 142 Å². The van der Waals surface area contributed by atoms with Gasteiger partial charge in [0.2, 0.25) is 6.23 Å². The summed E-state index contributed by atoms with van der Waals surface area (Å²) >= 11 is 1.23. The molecule has 0 radical (unpaired) electrons. The van der Waals surface area contributed by atoms with Crippen LogP contribution < -0.4 is 28.7 Å². The molecule has 0 saturated heterocycles. The standard InChI is InChI=1S/C32H56N3O3S.HI/c1-4-6-8-10-11-12-13-14-15-23-29(36)38-32(27-20-16-17-21-27)35(3)24-19-22-28(26-35)30-31(34-39-33-30)37-25-18-9-7-5-2;/h22,27,32H,4-21,23-26H2,1-3H3;1H/q+1;/p-1. The number of hydrogen-bond acceptors (Lipinski definition) is 6. The number of quaternary nitrogens is 1. The number of likely N-dealkylation sites (N-methyl/N-ethyl adjacent to an activating group) is 1. The number of ether oxygens (including phenoxy) is 2. The largest absolute Gasteiger partial charge is 1.00 e. The summed E-state index contributed by atoms with van der Waals surface area (Å²) in [4.78, 5) is 13.1. The van der Waals surface area contributed by atoms with Gasteiger partial charge in [-0.1, -0.05) is 103 Å². The second kappa shape index (κ2) is 20.2. The normalized spacial score (nSPS) is 20.1. The van der Waals surface area contributed by atoms with Crippen molar-refractivity contribution < 1.29 is 42.7 Å². The number of carbonyl (C=O) groups is 1. The number of halogens is 1. The molecule has 2 heterocycles. The van der Waals surface area contributed by atoms with Crippen LogP contribution in [0, 0.1) is 5.92 Å². The maximum Gasteiger partial charge on any atom is 0.310 e. The summed E-state index contributed by atoms with van der Waals surface area (Å²) in [5, 5.41) is 0. The highest BCUT2D eigenvalue weighted by Crippen LogP contribution is 2.38. The van der Waals surface area contributed by atoms with E-state index in [9.17, 15) is 4.79 Å². The molecule has 1 aromatic heterocycles. The Kier molecular flexibility index (Phi) is 17.9. The molecule has 1 fully saturated rings. The summed E-state index contributed by atoms with van der Waals surface area (Å²) in [5.74, 6) is 1.12. The lowest BCUT2D eigenvalue weighted by Gasteiger charge is -2.45. The van der Waals surface area contributed by atoms with Gasteiger partial charge in [0.15, 0.2) is 0 Å². The monoisotopic (exact) mass is 689 g/mol. The second-order valence-electron chi connectivity index (χ2n) is 12.2. The summed E-state index contributed by atoms with van der Waals surface area (Å²) < 4.78 is 22.3. The molecule has 1 aromatic rings. The van der Waals surface area contributed by atoms with Crippen molar-refractivity contribution in [1.82, 2.24) is 8.75 Å². The minimum absolute atomic E-state index is 0. The number of unbranched alkanes of at least 4 members (excludes halogenated alkanes) is 11. The smallest absolute Gasteiger partial charge is 0.310 e. The molecule has 0 N–H and O–H groups in total. The zero-order valence-corrected chi connectivity index (χ0v) is 28.6. The first-order valence-electron chi connectivity index (χ1n) is 16.3. The van der Waals surface area contributed by atoms with Crippen LogP contribution in [0.5, 0.6) is 5.88 Å². The van der Waals surface area contributed by atoms with E-state index in [4.69, 9.17) is 9.47 Å². The molecule has 0 aromatic carbocycles. The fraction of sp³-hybridized carbons (Fsp3) is 0.844. The number of esters is 1. The van der Waals surface area contributed by atoms with Crippen molar-refractivity contribution in [1.29, 1.82) is 0 Å². The maximum absolute atomic E-state index is 13.1. The summed E-state index contributed by atoms with van der Waals surface area (Å²) in [6.07, 6.45) is 24.6. The van der Waals surface area contributed by atoms with Crippen molar-refractivity contribution in [2.24, 2.45) is 5.92 Å². The highest BCUT2D eigenvalue weighted by molar-refractivity contribution is 6.99. The maximum atomic E-state index is 13.1. The van der Waals surface area contributed by atoms with Crippen LogP contribution in [0.2, 0.25) is 0 Å². The SMILES string of the molecule is CCCCCCCCCCCC(=O)OC(C1CCCC1)[N+]1(C)CCC=C(c2nsnc2OCCCCCC)C1.[I-]. The number of aromatic nitrogens is 2. The van der Waals surface area contributed by atoms with Crippen molar-refractivity contribution in [3.63, 3.8) is 0 Å². The van der Waals surface area contributed by atoms with Crippen LogP contribution in [0.3, 0.4) is 0 Å². The quantitative estimate of drug-likeness (QED) is 0.0760. The third kappa shape index (κ3) is 11.9. The van der Waals surface area contributed by atoms with Gasteiger partial charge in [-0.15, -0.1) is 4.37 Å². The lowest BCUT2D eigenvalue weighted by Crippen LogP contribution is -3.00. The van der Waals surface area contributed by atoms with Gasteiger partial charge in [0.25, 0.3) is 5.88 Å². The van der Waals surface area contributed by atoms with Gasteiger partial charge < -0.3 is 33.5 Å². The first kappa shape index (κ1) is 35.5. The van der Waals surface area contributed by atoms with Crippen molar-refractivity contribution in [2.75, 3.05) is 26.7 Å². The van der Waals surface area contributed by atoms with Crippen LogP contribution >= 0.6 is 11.7 Å². The molecular formula is C32H56IN3O3S. The number of rotatable bonds is 20. The third-order valence-corrected chi connectivity index (χ3v) is 9.23. The van der Waals surface area contributed by atoms with Gasteiger partial charge in [-0.2, -0.15) is 4.37 Å². The van der Waals surface area contributed by atoms with E-state index in [1.54, 1.807) is 0 Å². The molecule has 2 atom stereocenters. The van der Waals surface area contributed by atoms with E-state index in [0.717, 1.165) is 61.8 Å². The molecule has 3 rings (SSSR count). The molecule has 1 saturated carbocycles. The second-order valence-corrected chi connectivity index (χ2v) is 12.7. The van der Waals surface area contributed by atoms with Gasteiger partial charge in [0.1, 0.15) is 12.2 Å². The minimum atomic E-state index is -0.0766. The molecule has 8 heteroatoms. The van der Waals surface area contributed by atoms with Gasteiger partial charge in [-0.3, -0.25) is 9.28 Å². The molecule has 0 bridgehead atoms. The molecule has 0 spiro atoms. The Morgan fingerprint density at radius 3 is 2.25 bits per heavy atom. The minimum Gasteiger partial charge on any atom is -1.00 e. The molecule has 230 valence electrons. The average Bonchev–Trinajstić information content (AvgIpc) is 3.63. The van der Waals surface area contributed by atoms with E-state index in [1.807, 2.05) is 0 Å². The number of hydrogen-bond donors (Lipinski definition) is 0. The lowest BCUT2D eigenvalue weighted by atomic mass is 9.98. The van der Waals surface area contributed by atoms with E-state index in [2.05, 4.69) is 35.7 Å². The summed E-state index contributed by atoms with van der Waals surface area (Å²) in [6.45, 7) is 6.98. The van der Waals surface area contributed by atoms with Gasteiger partial charge in [0, 0.05) is 24.3 Å². The van der Waals surface area contributed by atoms with E-state index in [-0.39, 0.29) is 36.2 Å². The van der Waals surface area contributed by atoms with Crippen LogP contribution in [0.15, 0.2) is 6.08 Å². The summed E-state index contributed by atoms with van der Waals surface area (Å²) in [7, 11) is 2.28. The molecule has 2 unspecified atom stereocenters. The van der Waals surface area contributed by atoms with E-state index in [1.165, 1.54) is 94.4 Å². The van der Waals surface area contributed by atoms with Crippen LogP contribution in [-0.4, -0.2) is 52.2 Å². The van der Waals surface area contributed by atoms with Gasteiger partial charge in [-0.05, 0) is 25.7 Å². The molecular weight excluding hydrogens is 633 g/mol. The van der Waals surface area contributed by atoms with Gasteiger partial charge >= 0.3 is 5.97 Å². The Hall–Kier alpha value is -0.740. The Morgan fingerprint density at radius 1 is 0.950 bits per heavy atom. The number of nitrogens with zero attached hydrogens (tertiary/aromatic N) is 3. The van der Waals surface area contributed by atoms with Crippen LogP contribution in [0.4, 0.5) is 0 Å². The van der Waals surface area contributed by atoms with Crippen LogP contribution in [0.1, 0.15) is 142 Å². The predicted molar refractivity (Wildman–Crippen MR) is 162 cm³/mol. The van der Waals surface area contributed by atoms with Gasteiger partial charge in [0.05, 0.1) is 31.9 Å². The molecule has 6 nitrogen and oxygen atoms in total. The molecule has 1 aliphatic heterocycles. The molecule has 2 aliphatic rings. The van der Waals surface area contributed by atoms with Gasteiger partial charge in [-0.25, -0.2) is 0 Å². The fourth-order valence-electron chi connectivity index (χ4n) is 6.37. The number of carbonyl (C=O) groups excluding carboxylic acids is 1. The van der Waals surface area contributed by atoms with Crippen molar-refractivity contribution >= 4 is 23.3 Å². The van der Waals surface area contributed by atoms with Crippen molar-refractivity contribution in [3.05, 3.63) is 11.8 Å². The molecule has 1 aliphatic carbocycles. The van der Waals surface area contributed by atoms with E-state index >= 15 is 0 Å². The highest BCUT2D eigenvalue weighted by Gasteiger charge is 2.44. The van der Waals surface area contributed by atoms with Crippen LogP contribution in [0.25, 0.3) is 5.57 Å². The Bertz CT molecular complexity index is 858. The van der Waals surface area contributed by atoms with Crippen molar-refractivity contribution in [3.8, 4) is 5.88 Å². The zero-order chi connectivity index (χ0) is 27.8. The van der Waals surface area contributed by atoms with E-state index in [0.29, 0.717) is 24.8 Å². The summed E-state index contributed by atoms with van der Waals surface area (Å²) in [5.41, 5.74) is 2.09. The average molecular weight is 690 g/mol. The Morgan fingerprint density at radius 2 is 1.57 bits per heavy atom. The Balaban J connectivity index is 0.00000560. The lowest BCUT2D eigenvalue weighted by molar-refractivity contribution is -0.951. The van der Waals surface area contributed by atoms with E-state index < -0.39 is 0 Å². The summed E-state index contributed by atoms with van der Waals surface area (Å²) in [6, 6.07) is 0. The topological polar surface area (TPSA) is 61.3 Å². The first-order chi connectivity index (χ1) is 19.1. The molecule has 40 heavy (non-hydrogen) atoms. The molecule has 0 amide bonds.